The summed E-state index contributed by atoms with van der Waals surface area (Å²) < 4.78 is 18.3. The number of likely N-dealkylation sites (tertiary alicyclic amines) is 1. The van der Waals surface area contributed by atoms with Crippen molar-refractivity contribution < 1.29 is 14.2 Å². The predicted molar refractivity (Wildman–Crippen MR) is 138 cm³/mol. The molecule has 0 amide bonds. The Hall–Kier alpha value is -3.69. The van der Waals surface area contributed by atoms with Gasteiger partial charge >= 0.3 is 0 Å². The van der Waals surface area contributed by atoms with Crippen LogP contribution < -0.4 is 14.4 Å². The van der Waals surface area contributed by atoms with E-state index in [-0.39, 0.29) is 0 Å². The molecule has 0 radical (unpaired) electrons. The highest BCUT2D eigenvalue weighted by atomic mass is 16.5. The zero-order valence-corrected chi connectivity index (χ0v) is 20.8. The first-order valence-electron chi connectivity index (χ1n) is 12.1. The lowest BCUT2D eigenvalue weighted by Crippen LogP contribution is -2.66. The second kappa shape index (κ2) is 9.07. The molecule has 0 saturated carbocycles. The van der Waals surface area contributed by atoms with Gasteiger partial charge in [0.05, 0.1) is 56.6 Å². The third kappa shape index (κ3) is 4.25. The molecule has 1 spiro atoms. The number of benzene rings is 2. The van der Waals surface area contributed by atoms with Crippen molar-refractivity contribution >= 4 is 22.4 Å². The first-order valence-corrected chi connectivity index (χ1v) is 12.1. The van der Waals surface area contributed by atoms with Crippen LogP contribution in [0.2, 0.25) is 0 Å². The lowest BCUT2D eigenvalue weighted by molar-refractivity contribution is -0.187. The molecule has 4 heterocycles. The Morgan fingerprint density at radius 2 is 1.75 bits per heavy atom. The molecule has 186 valence electrons. The van der Waals surface area contributed by atoms with Crippen molar-refractivity contribution in [2.75, 3.05) is 58.5 Å². The van der Waals surface area contributed by atoms with E-state index in [1.807, 2.05) is 43.7 Å². The largest absolute Gasteiger partial charge is 0.497 e. The van der Waals surface area contributed by atoms with Crippen LogP contribution in [-0.2, 0) is 11.8 Å². The van der Waals surface area contributed by atoms with Crippen LogP contribution in [0.1, 0.15) is 0 Å². The van der Waals surface area contributed by atoms with Gasteiger partial charge in [0.2, 0.25) is 0 Å². The molecule has 2 saturated heterocycles. The van der Waals surface area contributed by atoms with Crippen LogP contribution in [0, 0.1) is 5.41 Å². The van der Waals surface area contributed by atoms with E-state index in [9.17, 15) is 0 Å². The van der Waals surface area contributed by atoms with E-state index >= 15 is 0 Å². The second-order valence-electron chi connectivity index (χ2n) is 9.76. The number of rotatable bonds is 8. The molecule has 0 aliphatic carbocycles. The number of methoxy groups -OCH3 is 2. The Bertz CT molecular complexity index is 1370. The third-order valence-corrected chi connectivity index (χ3v) is 7.06. The van der Waals surface area contributed by atoms with Crippen molar-refractivity contribution in [3.63, 3.8) is 0 Å². The molecule has 2 fully saturated rings. The lowest BCUT2D eigenvalue weighted by Gasteiger charge is -2.55. The van der Waals surface area contributed by atoms with E-state index in [4.69, 9.17) is 19.2 Å². The van der Waals surface area contributed by atoms with E-state index < -0.39 is 0 Å². The minimum absolute atomic E-state index is 0.394. The van der Waals surface area contributed by atoms with Gasteiger partial charge in [-0.2, -0.15) is 5.10 Å². The molecular weight excluding hydrogens is 456 g/mol. The highest BCUT2D eigenvalue weighted by molar-refractivity contribution is 5.82. The Balaban J connectivity index is 1.34. The summed E-state index contributed by atoms with van der Waals surface area (Å²) in [4.78, 5) is 14.3. The molecule has 6 rings (SSSR count). The van der Waals surface area contributed by atoms with Crippen LogP contribution in [0.5, 0.6) is 11.5 Å². The zero-order valence-electron chi connectivity index (χ0n) is 20.8. The van der Waals surface area contributed by atoms with Gasteiger partial charge in [0.15, 0.2) is 0 Å². The van der Waals surface area contributed by atoms with Crippen molar-refractivity contribution in [3.8, 4) is 22.8 Å². The van der Waals surface area contributed by atoms with Gasteiger partial charge in [-0.15, -0.1) is 0 Å². The van der Waals surface area contributed by atoms with Crippen LogP contribution in [0.15, 0.2) is 55.0 Å². The highest BCUT2D eigenvalue weighted by Crippen LogP contribution is 2.38. The summed E-state index contributed by atoms with van der Waals surface area (Å²) in [5.74, 6) is 1.51. The van der Waals surface area contributed by atoms with Gasteiger partial charge in [0.1, 0.15) is 11.5 Å². The SMILES string of the molecule is COc1cc(OC)cc(N(CCN2CC3(COC3)C2)c2ccc3ncc(-c4cnn(C)c4)nc3c2)c1. The predicted octanol–water partition coefficient (Wildman–Crippen LogP) is 3.52. The molecule has 0 N–H and O–H groups in total. The summed E-state index contributed by atoms with van der Waals surface area (Å²) in [6.45, 7) is 5.74. The molecule has 0 atom stereocenters. The number of fused-ring (bicyclic) bond motifs is 1. The molecule has 9 nitrogen and oxygen atoms in total. The first kappa shape index (κ1) is 22.8. The van der Waals surface area contributed by atoms with Crippen LogP contribution >= 0.6 is 0 Å². The number of hydrogen-bond donors (Lipinski definition) is 0. The molecule has 0 bridgehead atoms. The highest BCUT2D eigenvalue weighted by Gasteiger charge is 2.48. The average Bonchev–Trinajstić information content (AvgIpc) is 3.29. The number of aryl methyl sites for hydroxylation is 1. The van der Waals surface area contributed by atoms with Gasteiger partial charge in [-0.1, -0.05) is 0 Å². The Morgan fingerprint density at radius 3 is 2.39 bits per heavy atom. The van der Waals surface area contributed by atoms with Gasteiger partial charge in [0.25, 0.3) is 0 Å². The molecular formula is C27H30N6O3. The van der Waals surface area contributed by atoms with Gasteiger partial charge in [0, 0.05) is 80.0 Å². The monoisotopic (exact) mass is 486 g/mol. The third-order valence-electron chi connectivity index (χ3n) is 7.06. The quantitative estimate of drug-likeness (QED) is 0.374. The van der Waals surface area contributed by atoms with Crippen molar-refractivity contribution in [2.24, 2.45) is 12.5 Å². The molecule has 2 aromatic carbocycles. The zero-order chi connectivity index (χ0) is 24.7. The topological polar surface area (TPSA) is 77.8 Å². The molecule has 2 aromatic heterocycles. The molecule has 4 aromatic rings. The fraction of sp³-hybridized carbons (Fsp3) is 0.370. The minimum Gasteiger partial charge on any atom is -0.497 e. The average molecular weight is 487 g/mol. The number of hydrogen-bond acceptors (Lipinski definition) is 8. The maximum Gasteiger partial charge on any atom is 0.124 e. The smallest absolute Gasteiger partial charge is 0.124 e. The molecule has 0 unspecified atom stereocenters. The summed E-state index contributed by atoms with van der Waals surface area (Å²) in [5.41, 5.74) is 5.87. The first-order chi connectivity index (χ1) is 17.5. The number of nitrogens with zero attached hydrogens (tertiary/aromatic N) is 6. The van der Waals surface area contributed by atoms with Crippen molar-refractivity contribution in [2.45, 2.75) is 0 Å². The van der Waals surface area contributed by atoms with Crippen molar-refractivity contribution in [1.29, 1.82) is 0 Å². The van der Waals surface area contributed by atoms with E-state index in [0.29, 0.717) is 5.41 Å². The Kier molecular flexibility index (Phi) is 5.73. The van der Waals surface area contributed by atoms with E-state index in [1.54, 1.807) is 25.1 Å². The van der Waals surface area contributed by atoms with Gasteiger partial charge in [-0.05, 0) is 18.2 Å². The van der Waals surface area contributed by atoms with Gasteiger partial charge < -0.3 is 24.0 Å². The van der Waals surface area contributed by atoms with Gasteiger partial charge in [-0.3, -0.25) is 9.67 Å². The number of ether oxygens (including phenoxy) is 3. The summed E-state index contributed by atoms with van der Waals surface area (Å²) in [6, 6.07) is 12.2. The second-order valence-corrected chi connectivity index (χ2v) is 9.76. The maximum absolute atomic E-state index is 5.57. The summed E-state index contributed by atoms with van der Waals surface area (Å²) in [7, 11) is 5.25. The van der Waals surface area contributed by atoms with Crippen LogP contribution in [0.3, 0.4) is 0 Å². The van der Waals surface area contributed by atoms with Crippen LogP contribution in [0.4, 0.5) is 11.4 Å². The minimum atomic E-state index is 0.394. The summed E-state index contributed by atoms with van der Waals surface area (Å²) in [6.07, 6.45) is 5.55. The molecule has 2 aliphatic rings. The number of aromatic nitrogens is 4. The number of anilines is 2. The lowest BCUT2D eigenvalue weighted by atomic mass is 9.78. The van der Waals surface area contributed by atoms with E-state index in [2.05, 4.69) is 32.0 Å². The van der Waals surface area contributed by atoms with Crippen LogP contribution in [-0.4, -0.2) is 78.3 Å². The summed E-state index contributed by atoms with van der Waals surface area (Å²) >= 11 is 0. The van der Waals surface area contributed by atoms with Crippen molar-refractivity contribution in [3.05, 3.63) is 55.0 Å². The fourth-order valence-corrected chi connectivity index (χ4v) is 5.09. The molecule has 2 aliphatic heterocycles. The fourth-order valence-electron chi connectivity index (χ4n) is 5.09. The maximum atomic E-state index is 5.57. The molecule has 9 heteroatoms. The summed E-state index contributed by atoms with van der Waals surface area (Å²) in [5, 5.41) is 4.27. The molecule has 36 heavy (non-hydrogen) atoms. The normalized spacial score (nSPS) is 16.5. The van der Waals surface area contributed by atoms with Crippen molar-refractivity contribution in [1.82, 2.24) is 24.6 Å². The van der Waals surface area contributed by atoms with Gasteiger partial charge in [-0.25, -0.2) is 4.98 Å². The van der Waals surface area contributed by atoms with Crippen LogP contribution in [0.25, 0.3) is 22.3 Å². The Labute approximate surface area is 210 Å². The Morgan fingerprint density at radius 1 is 0.972 bits per heavy atom. The van der Waals surface area contributed by atoms with E-state index in [0.717, 1.165) is 84.6 Å². The standard InChI is InChI=1S/C27H30N6O3/c1-31-14-19(12-29-31)26-13-28-24-5-4-20(10-25(24)30-26)33(7-6-32-15-27(16-32)17-36-18-27)21-8-22(34-2)11-23(9-21)35-3/h4-5,8-14H,6-7,15-18H2,1-3H3. The van der Waals surface area contributed by atoms with E-state index in [1.165, 1.54) is 0 Å².